The lowest BCUT2D eigenvalue weighted by Gasteiger charge is -1.97. The van der Waals surface area contributed by atoms with Gasteiger partial charge in [0.05, 0.1) is 13.2 Å². The normalized spacial score (nSPS) is 29.4. The summed E-state index contributed by atoms with van der Waals surface area (Å²) in [6, 6.07) is 0. The van der Waals surface area contributed by atoms with E-state index in [1.807, 2.05) is 6.08 Å². The number of carbonyl (C=O) groups excluding carboxylic acids is 1. The molecule has 0 aromatic heterocycles. The third kappa shape index (κ3) is 4.58. The largest absolute Gasteiger partial charge is 0.381 e. The van der Waals surface area contributed by atoms with Crippen LogP contribution in [-0.4, -0.2) is 32.2 Å². The van der Waals surface area contributed by atoms with Gasteiger partial charge in [0.1, 0.15) is 5.78 Å². The van der Waals surface area contributed by atoms with E-state index in [4.69, 9.17) is 9.47 Å². The highest BCUT2D eigenvalue weighted by atomic mass is 16.5. The van der Waals surface area contributed by atoms with Crippen molar-refractivity contribution in [3.8, 4) is 0 Å². The first-order valence-corrected chi connectivity index (χ1v) is 5.52. The Balaban J connectivity index is 0.000000151. The number of hydrogen-bond donors (Lipinski definition) is 0. The summed E-state index contributed by atoms with van der Waals surface area (Å²) in [4.78, 5) is 10.6. The van der Waals surface area contributed by atoms with Crippen LogP contribution in [0.3, 0.4) is 0 Å². The second-order valence-corrected chi connectivity index (χ2v) is 4.03. The Bertz CT molecular complexity index is 201. The average Bonchev–Trinajstić information content (AvgIpc) is 2.92. The fourth-order valence-corrected chi connectivity index (χ4v) is 1.59. The first-order chi connectivity index (χ1) is 7.24. The Kier molecular flexibility index (Phi) is 5.58. The van der Waals surface area contributed by atoms with Crippen LogP contribution in [0.5, 0.6) is 0 Å². The summed E-state index contributed by atoms with van der Waals surface area (Å²) in [7, 11) is 0. The zero-order valence-electron chi connectivity index (χ0n) is 9.41. The van der Waals surface area contributed by atoms with Crippen molar-refractivity contribution in [2.45, 2.75) is 19.8 Å². The van der Waals surface area contributed by atoms with Crippen LogP contribution in [0.4, 0.5) is 0 Å². The molecule has 0 aromatic rings. The maximum Gasteiger partial charge on any atom is 0.135 e. The Morgan fingerprint density at radius 1 is 1.27 bits per heavy atom. The van der Waals surface area contributed by atoms with Gasteiger partial charge < -0.3 is 9.47 Å². The smallest absolute Gasteiger partial charge is 0.135 e. The highest BCUT2D eigenvalue weighted by Gasteiger charge is 2.18. The third-order valence-electron chi connectivity index (χ3n) is 2.80. The summed E-state index contributed by atoms with van der Waals surface area (Å²) < 4.78 is 10.1. The van der Waals surface area contributed by atoms with Gasteiger partial charge >= 0.3 is 0 Å². The van der Waals surface area contributed by atoms with Crippen LogP contribution in [0.25, 0.3) is 0 Å². The van der Waals surface area contributed by atoms with E-state index in [0.29, 0.717) is 12.5 Å². The molecule has 2 saturated heterocycles. The summed E-state index contributed by atoms with van der Waals surface area (Å²) in [6.45, 7) is 8.52. The van der Waals surface area contributed by atoms with Gasteiger partial charge in [-0.05, 0) is 19.8 Å². The van der Waals surface area contributed by atoms with Crippen molar-refractivity contribution in [2.75, 3.05) is 26.4 Å². The zero-order chi connectivity index (χ0) is 11.1. The summed E-state index contributed by atoms with van der Waals surface area (Å²) in [5, 5.41) is 0. The van der Waals surface area contributed by atoms with Crippen molar-refractivity contribution < 1.29 is 14.3 Å². The number of Topliss-reactive ketones (excluding diaryl/α,β-unsaturated/α-hetero) is 1. The Labute approximate surface area is 91.4 Å². The first-order valence-electron chi connectivity index (χ1n) is 5.52. The van der Waals surface area contributed by atoms with E-state index in [9.17, 15) is 4.79 Å². The summed E-state index contributed by atoms with van der Waals surface area (Å²) in [5.74, 6) is 1.11. The third-order valence-corrected chi connectivity index (χ3v) is 2.80. The summed E-state index contributed by atoms with van der Waals surface area (Å²) in [5.41, 5.74) is 0. The van der Waals surface area contributed by atoms with E-state index in [-0.39, 0.29) is 11.7 Å². The molecule has 0 N–H and O–H groups in total. The van der Waals surface area contributed by atoms with Gasteiger partial charge in [0, 0.05) is 25.0 Å². The molecule has 0 spiro atoms. The zero-order valence-corrected chi connectivity index (χ0v) is 9.41. The van der Waals surface area contributed by atoms with Gasteiger partial charge in [-0.2, -0.15) is 0 Å². The number of carbonyl (C=O) groups is 1. The quantitative estimate of drug-likeness (QED) is 0.655. The molecule has 0 aromatic carbocycles. The molecular formula is C12H20O3. The fraction of sp³-hybridized carbons (Fsp3) is 0.750. The molecule has 0 saturated carbocycles. The molecule has 3 heteroatoms. The van der Waals surface area contributed by atoms with E-state index in [1.165, 1.54) is 6.42 Å². The van der Waals surface area contributed by atoms with Crippen molar-refractivity contribution in [1.29, 1.82) is 0 Å². The van der Waals surface area contributed by atoms with Gasteiger partial charge in [0.25, 0.3) is 0 Å². The highest BCUT2D eigenvalue weighted by Crippen LogP contribution is 2.12. The molecular weight excluding hydrogens is 192 g/mol. The lowest BCUT2D eigenvalue weighted by molar-refractivity contribution is -0.120. The standard InChI is InChI=1S/C6H10O2.C6H10O/c1-5(7)6-2-3-8-4-6;1-2-6-3-4-7-5-6/h6H,2-4H2,1H3;2,6H,1,3-5H2. The van der Waals surface area contributed by atoms with Gasteiger partial charge in [-0.3, -0.25) is 4.79 Å². The molecule has 2 rings (SSSR count). The minimum absolute atomic E-state index is 0.204. The SMILES string of the molecule is C=CC1CCOC1.CC(=O)C1CCOC1. The van der Waals surface area contributed by atoms with E-state index in [2.05, 4.69) is 6.58 Å². The van der Waals surface area contributed by atoms with Crippen molar-refractivity contribution in [3.63, 3.8) is 0 Å². The molecule has 2 heterocycles. The second kappa shape index (κ2) is 6.75. The van der Waals surface area contributed by atoms with Gasteiger partial charge in [-0.15, -0.1) is 6.58 Å². The van der Waals surface area contributed by atoms with E-state index in [0.717, 1.165) is 26.2 Å². The van der Waals surface area contributed by atoms with Crippen LogP contribution in [0.1, 0.15) is 19.8 Å². The van der Waals surface area contributed by atoms with Crippen molar-refractivity contribution >= 4 is 5.78 Å². The second-order valence-electron chi connectivity index (χ2n) is 4.03. The monoisotopic (exact) mass is 212 g/mol. The molecule has 0 aliphatic carbocycles. The maximum atomic E-state index is 10.6. The predicted molar refractivity (Wildman–Crippen MR) is 58.7 cm³/mol. The van der Waals surface area contributed by atoms with E-state index < -0.39 is 0 Å². The molecule has 2 unspecified atom stereocenters. The van der Waals surface area contributed by atoms with Crippen molar-refractivity contribution in [1.82, 2.24) is 0 Å². The molecule has 2 aliphatic heterocycles. The summed E-state index contributed by atoms with van der Waals surface area (Å²) in [6.07, 6.45) is 4.06. The van der Waals surface area contributed by atoms with Gasteiger partial charge in [-0.25, -0.2) is 0 Å². The van der Waals surface area contributed by atoms with Crippen LogP contribution >= 0.6 is 0 Å². The molecule has 3 nitrogen and oxygen atoms in total. The Morgan fingerprint density at radius 3 is 2.20 bits per heavy atom. The number of hydrogen-bond acceptors (Lipinski definition) is 3. The molecule has 0 radical (unpaired) electrons. The Morgan fingerprint density at radius 2 is 1.93 bits per heavy atom. The molecule has 0 amide bonds. The summed E-state index contributed by atoms with van der Waals surface area (Å²) >= 11 is 0. The number of ether oxygens (including phenoxy) is 2. The minimum atomic E-state index is 0.204. The number of ketones is 1. The topological polar surface area (TPSA) is 35.5 Å². The first kappa shape index (κ1) is 12.4. The van der Waals surface area contributed by atoms with Crippen LogP contribution in [0.2, 0.25) is 0 Å². The highest BCUT2D eigenvalue weighted by molar-refractivity contribution is 5.78. The molecule has 86 valence electrons. The van der Waals surface area contributed by atoms with Crippen LogP contribution in [0, 0.1) is 11.8 Å². The van der Waals surface area contributed by atoms with Crippen LogP contribution < -0.4 is 0 Å². The van der Waals surface area contributed by atoms with Gasteiger partial charge in [-0.1, -0.05) is 6.08 Å². The van der Waals surface area contributed by atoms with Crippen molar-refractivity contribution in [2.24, 2.45) is 11.8 Å². The molecule has 15 heavy (non-hydrogen) atoms. The fourth-order valence-electron chi connectivity index (χ4n) is 1.59. The number of rotatable bonds is 2. The molecule has 2 atom stereocenters. The average molecular weight is 212 g/mol. The minimum Gasteiger partial charge on any atom is -0.381 e. The molecule has 2 aliphatic rings. The lowest BCUT2D eigenvalue weighted by atomic mass is 10.1. The van der Waals surface area contributed by atoms with Gasteiger partial charge in [0.15, 0.2) is 0 Å². The van der Waals surface area contributed by atoms with E-state index >= 15 is 0 Å². The predicted octanol–water partition coefficient (Wildman–Crippen LogP) is 1.82. The lowest BCUT2D eigenvalue weighted by Crippen LogP contribution is -2.09. The van der Waals surface area contributed by atoms with Crippen molar-refractivity contribution in [3.05, 3.63) is 12.7 Å². The Hall–Kier alpha value is -0.670. The van der Waals surface area contributed by atoms with Gasteiger partial charge in [0.2, 0.25) is 0 Å². The maximum absolute atomic E-state index is 10.6. The van der Waals surface area contributed by atoms with Crippen LogP contribution in [0.15, 0.2) is 12.7 Å². The van der Waals surface area contributed by atoms with E-state index in [1.54, 1.807) is 6.92 Å². The molecule has 0 bridgehead atoms. The van der Waals surface area contributed by atoms with Crippen LogP contribution in [-0.2, 0) is 14.3 Å². The molecule has 2 fully saturated rings.